The number of nitrogens with zero attached hydrogens (tertiary/aromatic N) is 1. The van der Waals surface area contributed by atoms with Crippen LogP contribution in [0.15, 0.2) is 0 Å². The van der Waals surface area contributed by atoms with Crippen LogP contribution in [-0.2, 0) is 0 Å². The first-order valence-electron chi connectivity index (χ1n) is 7.13. The second kappa shape index (κ2) is 8.39. The lowest BCUT2D eigenvalue weighted by molar-refractivity contribution is 0.184. The molecular weight excluding hydrogens is 228 g/mol. The SMILES string of the molecule is CCC(CSC)N(C)C(C)CCCNC1CC1. The molecule has 1 aliphatic carbocycles. The third-order valence-corrected chi connectivity index (χ3v) is 4.63. The zero-order chi connectivity index (χ0) is 12.7. The van der Waals surface area contributed by atoms with Gasteiger partial charge in [-0.2, -0.15) is 11.8 Å². The van der Waals surface area contributed by atoms with Gasteiger partial charge in [0.2, 0.25) is 0 Å². The van der Waals surface area contributed by atoms with Crippen molar-refractivity contribution in [2.75, 3.05) is 25.6 Å². The van der Waals surface area contributed by atoms with Gasteiger partial charge in [-0.05, 0) is 58.9 Å². The second-order valence-corrected chi connectivity index (χ2v) is 6.31. The molecule has 1 saturated carbocycles. The molecule has 3 heteroatoms. The Balaban J connectivity index is 2.11. The van der Waals surface area contributed by atoms with E-state index in [0.717, 1.165) is 12.1 Å². The van der Waals surface area contributed by atoms with Crippen molar-refractivity contribution < 1.29 is 0 Å². The average molecular weight is 258 g/mol. The van der Waals surface area contributed by atoms with Gasteiger partial charge in [0.15, 0.2) is 0 Å². The van der Waals surface area contributed by atoms with Crippen LogP contribution in [0.1, 0.15) is 46.0 Å². The van der Waals surface area contributed by atoms with Gasteiger partial charge >= 0.3 is 0 Å². The van der Waals surface area contributed by atoms with E-state index in [1.165, 1.54) is 44.4 Å². The fraction of sp³-hybridized carbons (Fsp3) is 1.00. The van der Waals surface area contributed by atoms with E-state index in [1.807, 2.05) is 11.8 Å². The molecule has 0 aliphatic heterocycles. The lowest BCUT2D eigenvalue weighted by Gasteiger charge is -2.32. The number of rotatable bonds is 10. The highest BCUT2D eigenvalue weighted by molar-refractivity contribution is 7.98. The first-order chi connectivity index (χ1) is 8.19. The van der Waals surface area contributed by atoms with E-state index in [0.29, 0.717) is 6.04 Å². The lowest BCUT2D eigenvalue weighted by Crippen LogP contribution is -2.40. The molecule has 0 amide bonds. The van der Waals surface area contributed by atoms with Crippen molar-refractivity contribution >= 4 is 11.8 Å². The fourth-order valence-corrected chi connectivity index (χ4v) is 3.13. The molecular formula is C14H30N2S. The maximum absolute atomic E-state index is 3.60. The minimum atomic E-state index is 0.716. The average Bonchev–Trinajstić information content (AvgIpc) is 3.14. The summed E-state index contributed by atoms with van der Waals surface area (Å²) in [5, 5.41) is 3.60. The van der Waals surface area contributed by atoms with E-state index in [1.54, 1.807) is 0 Å². The van der Waals surface area contributed by atoms with E-state index >= 15 is 0 Å². The quantitative estimate of drug-likeness (QED) is 0.607. The molecule has 1 N–H and O–H groups in total. The molecule has 0 spiro atoms. The summed E-state index contributed by atoms with van der Waals surface area (Å²) in [6.07, 6.45) is 8.92. The molecule has 2 nitrogen and oxygen atoms in total. The predicted molar refractivity (Wildman–Crippen MR) is 79.9 cm³/mol. The van der Waals surface area contributed by atoms with E-state index in [2.05, 4.69) is 37.4 Å². The standard InChI is InChI=1S/C14H30N2S/c1-5-14(11-17-4)16(3)12(2)7-6-10-15-13-8-9-13/h12-15H,5-11H2,1-4H3. The minimum absolute atomic E-state index is 0.716. The molecule has 2 unspecified atom stereocenters. The maximum Gasteiger partial charge on any atom is 0.0183 e. The molecule has 0 aromatic rings. The van der Waals surface area contributed by atoms with Gasteiger partial charge in [-0.3, -0.25) is 4.90 Å². The summed E-state index contributed by atoms with van der Waals surface area (Å²) < 4.78 is 0. The van der Waals surface area contributed by atoms with Gasteiger partial charge in [0, 0.05) is 23.9 Å². The third kappa shape index (κ3) is 6.12. The maximum atomic E-state index is 3.60. The fourth-order valence-electron chi connectivity index (χ4n) is 2.27. The summed E-state index contributed by atoms with van der Waals surface area (Å²) in [6, 6.07) is 2.33. The molecule has 2 atom stereocenters. The van der Waals surface area contributed by atoms with Crippen LogP contribution >= 0.6 is 11.8 Å². The molecule has 0 bridgehead atoms. The van der Waals surface area contributed by atoms with Crippen LogP contribution in [0.3, 0.4) is 0 Å². The van der Waals surface area contributed by atoms with Crippen LogP contribution in [-0.4, -0.2) is 48.6 Å². The highest BCUT2D eigenvalue weighted by Gasteiger charge is 2.20. The normalized spacial score (nSPS) is 19.6. The van der Waals surface area contributed by atoms with Gasteiger partial charge in [0.1, 0.15) is 0 Å². The van der Waals surface area contributed by atoms with Crippen molar-refractivity contribution in [1.29, 1.82) is 0 Å². The smallest absolute Gasteiger partial charge is 0.0183 e. The monoisotopic (exact) mass is 258 g/mol. The lowest BCUT2D eigenvalue weighted by atomic mass is 10.1. The summed E-state index contributed by atoms with van der Waals surface area (Å²) in [7, 11) is 2.30. The summed E-state index contributed by atoms with van der Waals surface area (Å²) in [5.41, 5.74) is 0. The Bertz CT molecular complexity index is 195. The first kappa shape index (κ1) is 15.3. The van der Waals surface area contributed by atoms with E-state index in [-0.39, 0.29) is 0 Å². The summed E-state index contributed by atoms with van der Waals surface area (Å²) >= 11 is 1.97. The molecule has 1 fully saturated rings. The predicted octanol–water partition coefficient (Wildman–Crippen LogP) is 2.98. The number of hydrogen-bond donors (Lipinski definition) is 1. The highest BCUT2D eigenvalue weighted by atomic mass is 32.2. The Morgan fingerprint density at radius 2 is 2.12 bits per heavy atom. The summed E-state index contributed by atoms with van der Waals surface area (Å²) in [5.74, 6) is 1.26. The topological polar surface area (TPSA) is 15.3 Å². The van der Waals surface area contributed by atoms with Crippen LogP contribution < -0.4 is 5.32 Å². The highest BCUT2D eigenvalue weighted by Crippen LogP contribution is 2.19. The molecule has 0 aromatic carbocycles. The van der Waals surface area contributed by atoms with Crippen LogP contribution in [0.25, 0.3) is 0 Å². The third-order valence-electron chi connectivity index (χ3n) is 3.91. The van der Waals surface area contributed by atoms with Crippen molar-refractivity contribution in [2.45, 2.75) is 64.1 Å². The second-order valence-electron chi connectivity index (χ2n) is 5.40. The molecule has 102 valence electrons. The van der Waals surface area contributed by atoms with Gasteiger partial charge in [0.05, 0.1) is 0 Å². The van der Waals surface area contributed by atoms with Crippen molar-refractivity contribution in [1.82, 2.24) is 10.2 Å². The van der Waals surface area contributed by atoms with E-state index < -0.39 is 0 Å². The summed E-state index contributed by atoms with van der Waals surface area (Å²) in [4.78, 5) is 2.58. The van der Waals surface area contributed by atoms with Crippen molar-refractivity contribution in [3.8, 4) is 0 Å². The van der Waals surface area contributed by atoms with Gasteiger partial charge in [-0.15, -0.1) is 0 Å². The molecule has 1 rings (SSSR count). The first-order valence-corrected chi connectivity index (χ1v) is 8.52. The Morgan fingerprint density at radius 3 is 2.65 bits per heavy atom. The van der Waals surface area contributed by atoms with Crippen LogP contribution in [0, 0.1) is 0 Å². The van der Waals surface area contributed by atoms with Crippen molar-refractivity contribution in [2.24, 2.45) is 0 Å². The van der Waals surface area contributed by atoms with Crippen LogP contribution in [0.4, 0.5) is 0 Å². The van der Waals surface area contributed by atoms with Crippen molar-refractivity contribution in [3.63, 3.8) is 0 Å². The molecule has 0 saturated heterocycles. The molecule has 0 heterocycles. The van der Waals surface area contributed by atoms with Crippen LogP contribution in [0.2, 0.25) is 0 Å². The minimum Gasteiger partial charge on any atom is -0.314 e. The number of thioether (sulfide) groups is 1. The van der Waals surface area contributed by atoms with Gasteiger partial charge < -0.3 is 5.32 Å². The summed E-state index contributed by atoms with van der Waals surface area (Å²) in [6.45, 7) is 5.89. The molecule has 17 heavy (non-hydrogen) atoms. The van der Waals surface area contributed by atoms with Gasteiger partial charge in [-0.25, -0.2) is 0 Å². The zero-order valence-corrected chi connectivity index (χ0v) is 12.9. The van der Waals surface area contributed by atoms with E-state index in [9.17, 15) is 0 Å². The number of hydrogen-bond acceptors (Lipinski definition) is 3. The Kier molecular flexibility index (Phi) is 7.56. The Hall–Kier alpha value is 0.270. The molecule has 0 aromatic heterocycles. The van der Waals surface area contributed by atoms with E-state index in [4.69, 9.17) is 0 Å². The van der Waals surface area contributed by atoms with Gasteiger partial charge in [0.25, 0.3) is 0 Å². The molecule has 0 radical (unpaired) electrons. The molecule has 1 aliphatic rings. The Morgan fingerprint density at radius 1 is 1.41 bits per heavy atom. The largest absolute Gasteiger partial charge is 0.314 e. The van der Waals surface area contributed by atoms with Crippen LogP contribution in [0.5, 0.6) is 0 Å². The van der Waals surface area contributed by atoms with Crippen molar-refractivity contribution in [3.05, 3.63) is 0 Å². The Labute approximate surface area is 112 Å². The zero-order valence-electron chi connectivity index (χ0n) is 12.0. The number of nitrogens with one attached hydrogen (secondary N) is 1. The van der Waals surface area contributed by atoms with Gasteiger partial charge in [-0.1, -0.05) is 6.92 Å².